The zero-order valence-corrected chi connectivity index (χ0v) is 9.91. The summed E-state index contributed by atoms with van der Waals surface area (Å²) < 4.78 is 5.19. The van der Waals surface area contributed by atoms with Gasteiger partial charge in [0.25, 0.3) is 0 Å². The highest BCUT2D eigenvalue weighted by molar-refractivity contribution is 5.81. The van der Waals surface area contributed by atoms with E-state index >= 15 is 0 Å². The number of carbonyl (C=O) groups excluding carboxylic acids is 1. The molecular formula is C12H22O2. The number of rotatable bonds is 5. The SMILES string of the molecule is C/C=C/C(=O)OC(C)CC(C)C(C)C. The Bertz CT molecular complexity index is 194. The van der Waals surface area contributed by atoms with Gasteiger partial charge in [-0.3, -0.25) is 0 Å². The third kappa shape index (κ3) is 5.79. The number of allylic oxidation sites excluding steroid dienone is 1. The van der Waals surface area contributed by atoms with E-state index in [2.05, 4.69) is 20.8 Å². The monoisotopic (exact) mass is 198 g/mol. The summed E-state index contributed by atoms with van der Waals surface area (Å²) in [5.41, 5.74) is 0. The summed E-state index contributed by atoms with van der Waals surface area (Å²) in [5.74, 6) is 0.984. The van der Waals surface area contributed by atoms with E-state index in [9.17, 15) is 4.79 Å². The average Bonchev–Trinajstić information content (AvgIpc) is 2.03. The topological polar surface area (TPSA) is 26.3 Å². The molecule has 2 nitrogen and oxygen atoms in total. The molecule has 0 rings (SSSR count). The molecule has 2 unspecified atom stereocenters. The molecule has 0 aliphatic carbocycles. The van der Waals surface area contributed by atoms with Crippen LogP contribution >= 0.6 is 0 Å². The van der Waals surface area contributed by atoms with Crippen molar-refractivity contribution in [2.24, 2.45) is 11.8 Å². The smallest absolute Gasteiger partial charge is 0.330 e. The fourth-order valence-electron chi connectivity index (χ4n) is 1.22. The van der Waals surface area contributed by atoms with Crippen molar-refractivity contribution in [2.45, 2.75) is 47.1 Å². The fraction of sp³-hybridized carbons (Fsp3) is 0.750. The largest absolute Gasteiger partial charge is 0.460 e. The normalized spacial score (nSPS) is 15.9. The zero-order valence-electron chi connectivity index (χ0n) is 9.91. The lowest BCUT2D eigenvalue weighted by Crippen LogP contribution is -2.18. The van der Waals surface area contributed by atoms with Crippen LogP contribution in [0.15, 0.2) is 12.2 Å². The molecule has 0 aliphatic heterocycles. The first-order chi connectivity index (χ1) is 6.47. The van der Waals surface area contributed by atoms with Gasteiger partial charge in [0, 0.05) is 6.08 Å². The molecule has 0 saturated heterocycles. The van der Waals surface area contributed by atoms with E-state index in [0.29, 0.717) is 11.8 Å². The second-order valence-electron chi connectivity index (χ2n) is 4.20. The molecule has 0 heterocycles. The first kappa shape index (κ1) is 13.2. The van der Waals surface area contributed by atoms with Gasteiger partial charge in [-0.25, -0.2) is 4.79 Å². The van der Waals surface area contributed by atoms with E-state index < -0.39 is 0 Å². The van der Waals surface area contributed by atoms with Gasteiger partial charge in [-0.1, -0.05) is 26.8 Å². The molecule has 0 N–H and O–H groups in total. The lowest BCUT2D eigenvalue weighted by molar-refractivity contribution is -0.143. The third-order valence-corrected chi connectivity index (χ3v) is 2.46. The summed E-state index contributed by atoms with van der Waals surface area (Å²) in [7, 11) is 0. The molecule has 82 valence electrons. The van der Waals surface area contributed by atoms with Crippen molar-refractivity contribution in [3.8, 4) is 0 Å². The van der Waals surface area contributed by atoms with Gasteiger partial charge in [-0.2, -0.15) is 0 Å². The first-order valence-electron chi connectivity index (χ1n) is 5.30. The van der Waals surface area contributed by atoms with Crippen LogP contribution in [0, 0.1) is 11.8 Å². The minimum Gasteiger partial charge on any atom is -0.460 e. The van der Waals surface area contributed by atoms with Gasteiger partial charge >= 0.3 is 5.97 Å². The van der Waals surface area contributed by atoms with E-state index in [-0.39, 0.29) is 12.1 Å². The Balaban J connectivity index is 3.86. The fourth-order valence-corrected chi connectivity index (χ4v) is 1.22. The molecular weight excluding hydrogens is 176 g/mol. The Kier molecular flexibility index (Phi) is 6.26. The summed E-state index contributed by atoms with van der Waals surface area (Å²) in [4.78, 5) is 11.1. The minimum absolute atomic E-state index is 0.0103. The first-order valence-corrected chi connectivity index (χ1v) is 5.30. The molecule has 0 spiro atoms. The van der Waals surface area contributed by atoms with Crippen molar-refractivity contribution in [1.82, 2.24) is 0 Å². The number of hydrogen-bond acceptors (Lipinski definition) is 2. The van der Waals surface area contributed by atoms with Gasteiger partial charge in [0.05, 0.1) is 6.10 Å². The maximum atomic E-state index is 11.1. The van der Waals surface area contributed by atoms with Gasteiger partial charge in [0.2, 0.25) is 0 Å². The van der Waals surface area contributed by atoms with Crippen molar-refractivity contribution < 1.29 is 9.53 Å². The molecule has 0 aliphatic rings. The number of esters is 1. The summed E-state index contributed by atoms with van der Waals surface area (Å²) in [5, 5.41) is 0. The van der Waals surface area contributed by atoms with Crippen molar-refractivity contribution in [3.05, 3.63) is 12.2 Å². The maximum absolute atomic E-state index is 11.1. The zero-order chi connectivity index (χ0) is 11.1. The van der Waals surface area contributed by atoms with Crippen LogP contribution in [0.4, 0.5) is 0 Å². The Labute approximate surface area is 87.3 Å². The molecule has 0 amide bonds. The molecule has 0 aromatic carbocycles. The highest BCUT2D eigenvalue weighted by atomic mass is 16.5. The summed E-state index contributed by atoms with van der Waals surface area (Å²) in [6.07, 6.45) is 4.09. The second-order valence-corrected chi connectivity index (χ2v) is 4.20. The molecule has 0 fully saturated rings. The van der Waals surface area contributed by atoms with Gasteiger partial charge in [0.15, 0.2) is 0 Å². The van der Waals surface area contributed by atoms with Crippen LogP contribution in [0.5, 0.6) is 0 Å². The lowest BCUT2D eigenvalue weighted by atomic mass is 9.92. The van der Waals surface area contributed by atoms with E-state index in [1.807, 2.05) is 13.8 Å². The third-order valence-electron chi connectivity index (χ3n) is 2.46. The quantitative estimate of drug-likeness (QED) is 0.501. The van der Waals surface area contributed by atoms with Crippen molar-refractivity contribution in [2.75, 3.05) is 0 Å². The second kappa shape index (κ2) is 6.63. The molecule has 0 bridgehead atoms. The summed E-state index contributed by atoms with van der Waals surface area (Å²) in [6, 6.07) is 0. The van der Waals surface area contributed by atoms with E-state index in [1.165, 1.54) is 6.08 Å². The molecule has 0 radical (unpaired) electrons. The molecule has 14 heavy (non-hydrogen) atoms. The minimum atomic E-state index is -0.240. The average molecular weight is 198 g/mol. The number of carbonyl (C=O) groups is 1. The van der Waals surface area contributed by atoms with Gasteiger partial charge in [-0.05, 0) is 32.1 Å². The van der Waals surface area contributed by atoms with Gasteiger partial charge in [0.1, 0.15) is 0 Å². The Morgan fingerprint density at radius 3 is 2.29 bits per heavy atom. The standard InChI is InChI=1S/C12H22O2/c1-6-7-12(13)14-11(5)8-10(4)9(2)3/h6-7,9-11H,8H2,1-5H3/b7-6+. The molecule has 0 aromatic heterocycles. The van der Waals surface area contributed by atoms with E-state index in [4.69, 9.17) is 4.74 Å². The van der Waals surface area contributed by atoms with Crippen LogP contribution in [0.1, 0.15) is 41.0 Å². The highest BCUT2D eigenvalue weighted by Gasteiger charge is 2.14. The Hall–Kier alpha value is -0.790. The van der Waals surface area contributed by atoms with Crippen LogP contribution in [-0.4, -0.2) is 12.1 Å². The predicted octanol–water partition coefficient (Wildman–Crippen LogP) is 3.18. The van der Waals surface area contributed by atoms with Gasteiger partial charge < -0.3 is 4.74 Å². The van der Waals surface area contributed by atoms with Crippen molar-refractivity contribution in [3.63, 3.8) is 0 Å². The van der Waals surface area contributed by atoms with Crippen molar-refractivity contribution in [1.29, 1.82) is 0 Å². The molecule has 0 saturated carbocycles. The maximum Gasteiger partial charge on any atom is 0.330 e. The van der Waals surface area contributed by atoms with E-state index in [0.717, 1.165) is 6.42 Å². The molecule has 2 heteroatoms. The van der Waals surface area contributed by atoms with Crippen LogP contribution in [-0.2, 0) is 9.53 Å². The number of ether oxygens (including phenoxy) is 1. The van der Waals surface area contributed by atoms with Crippen LogP contribution in [0.2, 0.25) is 0 Å². The lowest BCUT2D eigenvalue weighted by Gasteiger charge is -2.19. The van der Waals surface area contributed by atoms with Crippen molar-refractivity contribution >= 4 is 5.97 Å². The Morgan fingerprint density at radius 2 is 1.86 bits per heavy atom. The van der Waals surface area contributed by atoms with Gasteiger partial charge in [-0.15, -0.1) is 0 Å². The summed E-state index contributed by atoms with van der Waals surface area (Å²) in [6.45, 7) is 10.3. The highest BCUT2D eigenvalue weighted by Crippen LogP contribution is 2.17. The molecule has 0 aromatic rings. The number of hydrogen-bond donors (Lipinski definition) is 0. The summed E-state index contributed by atoms with van der Waals surface area (Å²) >= 11 is 0. The Morgan fingerprint density at radius 1 is 1.29 bits per heavy atom. The van der Waals surface area contributed by atoms with E-state index in [1.54, 1.807) is 6.08 Å². The van der Waals surface area contributed by atoms with Crippen LogP contribution in [0.3, 0.4) is 0 Å². The van der Waals surface area contributed by atoms with Crippen LogP contribution < -0.4 is 0 Å². The van der Waals surface area contributed by atoms with Crippen LogP contribution in [0.25, 0.3) is 0 Å². The molecule has 2 atom stereocenters. The predicted molar refractivity (Wildman–Crippen MR) is 59.0 cm³/mol.